The van der Waals surface area contributed by atoms with Crippen molar-refractivity contribution in [3.63, 3.8) is 0 Å². The number of rotatable bonds is 10. The van der Waals surface area contributed by atoms with Gasteiger partial charge in [0.05, 0.1) is 6.54 Å². The van der Waals surface area contributed by atoms with E-state index in [9.17, 15) is 5.11 Å². The highest BCUT2D eigenvalue weighted by molar-refractivity contribution is 14.0. The summed E-state index contributed by atoms with van der Waals surface area (Å²) >= 11 is 0. The van der Waals surface area contributed by atoms with Crippen LogP contribution < -0.4 is 10.6 Å². The van der Waals surface area contributed by atoms with E-state index in [1.807, 2.05) is 37.3 Å². The lowest BCUT2D eigenvalue weighted by atomic mass is 9.96. The van der Waals surface area contributed by atoms with Crippen LogP contribution in [0.15, 0.2) is 35.3 Å². The number of guanidine groups is 1. The molecule has 3 N–H and O–H groups in total. The topological polar surface area (TPSA) is 65.9 Å². The molecule has 0 bridgehead atoms. The van der Waals surface area contributed by atoms with Crippen molar-refractivity contribution in [2.24, 2.45) is 4.99 Å². The van der Waals surface area contributed by atoms with Crippen LogP contribution in [0.1, 0.15) is 38.7 Å². The van der Waals surface area contributed by atoms with Gasteiger partial charge in [-0.2, -0.15) is 0 Å². The van der Waals surface area contributed by atoms with Gasteiger partial charge in [-0.15, -0.1) is 24.0 Å². The minimum atomic E-state index is -0.970. The molecule has 0 spiro atoms. The Kier molecular flexibility index (Phi) is 13.0. The molecule has 1 aromatic carbocycles. The minimum Gasteiger partial charge on any atom is -0.385 e. The summed E-state index contributed by atoms with van der Waals surface area (Å²) in [6.07, 6.45) is 3.28. The lowest BCUT2D eigenvalue weighted by Gasteiger charge is -2.22. The summed E-state index contributed by atoms with van der Waals surface area (Å²) in [4.78, 5) is 4.52. The van der Waals surface area contributed by atoms with Gasteiger partial charge in [-0.05, 0) is 38.7 Å². The Hall–Kier alpha value is -0.860. The van der Waals surface area contributed by atoms with Crippen LogP contribution in [0.2, 0.25) is 0 Å². The summed E-state index contributed by atoms with van der Waals surface area (Å²) in [5, 5.41) is 17.1. The largest absolute Gasteiger partial charge is 0.385 e. The molecule has 0 fully saturated rings. The predicted molar refractivity (Wildman–Crippen MR) is 111 cm³/mol. The van der Waals surface area contributed by atoms with Crippen molar-refractivity contribution >= 4 is 29.9 Å². The fourth-order valence-corrected chi connectivity index (χ4v) is 2.22. The molecule has 6 heteroatoms. The van der Waals surface area contributed by atoms with E-state index in [0.717, 1.165) is 50.5 Å². The van der Waals surface area contributed by atoms with Gasteiger partial charge in [0.15, 0.2) is 5.96 Å². The third kappa shape index (κ3) is 9.44. The first-order chi connectivity index (χ1) is 11.1. The van der Waals surface area contributed by atoms with E-state index < -0.39 is 5.60 Å². The van der Waals surface area contributed by atoms with Gasteiger partial charge in [0.25, 0.3) is 0 Å². The second-order valence-electron chi connectivity index (χ2n) is 5.82. The van der Waals surface area contributed by atoms with Gasteiger partial charge in [0.1, 0.15) is 5.60 Å². The number of ether oxygens (including phenoxy) is 1. The van der Waals surface area contributed by atoms with Crippen molar-refractivity contribution in [2.45, 2.75) is 38.7 Å². The summed E-state index contributed by atoms with van der Waals surface area (Å²) in [6.45, 7) is 6.61. The maximum absolute atomic E-state index is 10.6. The van der Waals surface area contributed by atoms with Crippen LogP contribution in [0.4, 0.5) is 0 Å². The third-order valence-corrected chi connectivity index (χ3v) is 3.60. The van der Waals surface area contributed by atoms with E-state index in [1.54, 1.807) is 14.0 Å². The molecule has 0 saturated heterocycles. The summed E-state index contributed by atoms with van der Waals surface area (Å²) in [5.74, 6) is 0.746. The van der Waals surface area contributed by atoms with Crippen LogP contribution in [0.5, 0.6) is 0 Å². The predicted octanol–water partition coefficient (Wildman–Crippen LogP) is 2.88. The van der Waals surface area contributed by atoms with Crippen LogP contribution in [-0.4, -0.2) is 44.4 Å². The quantitative estimate of drug-likeness (QED) is 0.223. The molecule has 0 aliphatic carbocycles. The highest BCUT2D eigenvalue weighted by Gasteiger charge is 2.22. The highest BCUT2D eigenvalue weighted by atomic mass is 127. The van der Waals surface area contributed by atoms with Gasteiger partial charge in [0.2, 0.25) is 0 Å². The summed E-state index contributed by atoms with van der Waals surface area (Å²) in [5.41, 5.74) is -0.0959. The molecular weight excluding hydrogens is 417 g/mol. The average Bonchev–Trinajstić information content (AvgIpc) is 2.56. The molecule has 0 heterocycles. The van der Waals surface area contributed by atoms with E-state index in [-0.39, 0.29) is 24.0 Å². The molecule has 0 radical (unpaired) electrons. The van der Waals surface area contributed by atoms with Crippen LogP contribution >= 0.6 is 24.0 Å². The number of aliphatic hydroxyl groups is 1. The number of aliphatic imine (C=N–C) groups is 1. The smallest absolute Gasteiger partial charge is 0.191 e. The van der Waals surface area contributed by atoms with Crippen molar-refractivity contribution in [1.29, 1.82) is 0 Å². The van der Waals surface area contributed by atoms with Gasteiger partial charge in [-0.25, -0.2) is 4.99 Å². The Morgan fingerprint density at radius 3 is 2.50 bits per heavy atom. The molecule has 0 aromatic heterocycles. The molecular formula is C18H32IN3O2. The Bertz CT molecular complexity index is 453. The monoisotopic (exact) mass is 449 g/mol. The molecule has 24 heavy (non-hydrogen) atoms. The first kappa shape index (κ1) is 23.1. The molecule has 5 nitrogen and oxygen atoms in total. The van der Waals surface area contributed by atoms with E-state index in [2.05, 4.69) is 15.6 Å². The van der Waals surface area contributed by atoms with E-state index in [4.69, 9.17) is 4.74 Å². The molecule has 0 aliphatic rings. The van der Waals surface area contributed by atoms with Crippen molar-refractivity contribution < 1.29 is 9.84 Å². The summed E-state index contributed by atoms with van der Waals surface area (Å²) in [6, 6.07) is 9.64. The molecule has 1 unspecified atom stereocenters. The van der Waals surface area contributed by atoms with Gasteiger partial charge >= 0.3 is 0 Å². The first-order valence-corrected chi connectivity index (χ1v) is 8.39. The first-order valence-electron chi connectivity index (χ1n) is 8.39. The number of nitrogens with one attached hydrogen (secondary N) is 2. The number of hydrogen-bond donors (Lipinski definition) is 3. The summed E-state index contributed by atoms with van der Waals surface area (Å²) in [7, 11) is 1.73. The molecule has 0 amide bonds. The van der Waals surface area contributed by atoms with Crippen molar-refractivity contribution in [3.8, 4) is 0 Å². The Morgan fingerprint density at radius 1 is 1.17 bits per heavy atom. The third-order valence-electron chi connectivity index (χ3n) is 3.60. The fourth-order valence-electron chi connectivity index (χ4n) is 2.22. The van der Waals surface area contributed by atoms with Crippen LogP contribution in [-0.2, 0) is 10.3 Å². The highest BCUT2D eigenvalue weighted by Crippen LogP contribution is 2.20. The van der Waals surface area contributed by atoms with Gasteiger partial charge in [0, 0.05) is 26.8 Å². The molecule has 0 saturated carbocycles. The van der Waals surface area contributed by atoms with Gasteiger partial charge in [-0.1, -0.05) is 30.3 Å². The van der Waals surface area contributed by atoms with E-state index in [0.29, 0.717) is 6.54 Å². The summed E-state index contributed by atoms with van der Waals surface area (Å²) < 4.78 is 5.04. The lowest BCUT2D eigenvalue weighted by molar-refractivity contribution is 0.0672. The van der Waals surface area contributed by atoms with Crippen LogP contribution in [0, 0.1) is 0 Å². The Labute approximate surface area is 163 Å². The molecule has 1 aromatic rings. The van der Waals surface area contributed by atoms with Gasteiger partial charge < -0.3 is 20.5 Å². The number of benzene rings is 1. The second-order valence-corrected chi connectivity index (χ2v) is 5.82. The zero-order valence-corrected chi connectivity index (χ0v) is 17.4. The molecule has 1 rings (SSSR count). The maximum atomic E-state index is 10.6. The van der Waals surface area contributed by atoms with Crippen molar-refractivity contribution in [3.05, 3.63) is 35.9 Å². The second kappa shape index (κ2) is 13.4. The zero-order valence-electron chi connectivity index (χ0n) is 15.0. The SMILES string of the molecule is CCNC(=NCC(C)(O)c1ccccc1)NCCCCCOC.I. The molecule has 138 valence electrons. The van der Waals surface area contributed by atoms with Crippen molar-refractivity contribution in [1.82, 2.24) is 10.6 Å². The fraction of sp³-hybridized carbons (Fsp3) is 0.611. The number of unbranched alkanes of at least 4 members (excludes halogenated alkanes) is 2. The Balaban J connectivity index is 0.00000529. The number of methoxy groups -OCH3 is 1. The standard InChI is InChI=1S/C18H31N3O2.HI/c1-4-19-17(20-13-9-6-10-14-23-3)21-15-18(2,22)16-11-7-5-8-12-16;/h5,7-8,11-12,22H,4,6,9-10,13-15H2,1-3H3,(H2,19,20,21);1H. The number of hydrogen-bond acceptors (Lipinski definition) is 3. The Morgan fingerprint density at radius 2 is 1.88 bits per heavy atom. The van der Waals surface area contributed by atoms with Crippen molar-refractivity contribution in [2.75, 3.05) is 33.4 Å². The van der Waals surface area contributed by atoms with Gasteiger partial charge in [-0.3, -0.25) is 0 Å². The van der Waals surface area contributed by atoms with Crippen LogP contribution in [0.25, 0.3) is 0 Å². The van der Waals surface area contributed by atoms with E-state index >= 15 is 0 Å². The number of nitrogens with zero attached hydrogens (tertiary/aromatic N) is 1. The maximum Gasteiger partial charge on any atom is 0.191 e. The number of halogens is 1. The minimum absolute atomic E-state index is 0. The van der Waals surface area contributed by atoms with E-state index in [1.165, 1.54) is 0 Å². The average molecular weight is 449 g/mol. The molecule has 0 aliphatic heterocycles. The molecule has 1 atom stereocenters. The lowest BCUT2D eigenvalue weighted by Crippen LogP contribution is -2.39. The van der Waals surface area contributed by atoms with Crippen LogP contribution in [0.3, 0.4) is 0 Å². The normalized spacial score (nSPS) is 13.8. The zero-order chi connectivity index (χ0) is 17.0.